The summed E-state index contributed by atoms with van der Waals surface area (Å²) in [5, 5.41) is 13.3. The number of carbonyl (C=O) groups excluding carboxylic acids is 2. The number of aliphatic hydroxyl groups is 1. The smallest absolute Gasteiger partial charge is 0.433 e. The van der Waals surface area contributed by atoms with E-state index in [1.807, 2.05) is 6.07 Å². The third kappa shape index (κ3) is 7.81. The normalized spacial score (nSPS) is 13.2. The van der Waals surface area contributed by atoms with Crippen molar-refractivity contribution < 1.29 is 32.6 Å². The molecule has 1 aliphatic rings. The largest absolute Gasteiger partial charge is 0.491 e. The molecule has 2 aromatic heterocycles. The minimum absolute atomic E-state index is 0.0198. The minimum Gasteiger partial charge on any atom is -0.491 e. The molecule has 4 rings (SSSR count). The summed E-state index contributed by atoms with van der Waals surface area (Å²) in [6.45, 7) is 3.65. The Hall–Kier alpha value is -4.37. The fourth-order valence-electron chi connectivity index (χ4n) is 3.27. The maximum absolute atomic E-state index is 12.5. The van der Waals surface area contributed by atoms with Gasteiger partial charge in [0.25, 0.3) is 0 Å². The minimum atomic E-state index is -4.48. The van der Waals surface area contributed by atoms with Crippen molar-refractivity contribution in [1.82, 2.24) is 14.8 Å². The topological polar surface area (TPSA) is 124 Å². The van der Waals surface area contributed by atoms with E-state index in [2.05, 4.69) is 21.9 Å². The van der Waals surface area contributed by atoms with Gasteiger partial charge in [0.15, 0.2) is 0 Å². The van der Waals surface area contributed by atoms with Gasteiger partial charge in [0.05, 0.1) is 24.9 Å². The van der Waals surface area contributed by atoms with E-state index in [0.29, 0.717) is 30.0 Å². The molecule has 200 valence electrons. The molecule has 0 saturated heterocycles. The zero-order valence-corrected chi connectivity index (χ0v) is 20.9. The van der Waals surface area contributed by atoms with Crippen LogP contribution in [0.2, 0.25) is 0 Å². The molecule has 1 aliphatic heterocycles. The van der Waals surface area contributed by atoms with Crippen molar-refractivity contribution in [1.29, 1.82) is 0 Å². The van der Waals surface area contributed by atoms with Gasteiger partial charge in [-0.2, -0.15) is 23.0 Å². The summed E-state index contributed by atoms with van der Waals surface area (Å²) >= 11 is 0. The molecule has 0 bridgehead atoms. The molecule has 0 radical (unpaired) electrons. The zero-order chi connectivity index (χ0) is 28.1. The van der Waals surface area contributed by atoms with Gasteiger partial charge in [0.2, 0.25) is 5.91 Å². The van der Waals surface area contributed by atoms with E-state index in [-0.39, 0.29) is 18.0 Å². The lowest BCUT2D eigenvalue weighted by atomic mass is 10.1. The molecule has 9 nitrogen and oxygen atoms in total. The quantitative estimate of drug-likeness (QED) is 0.491. The summed E-state index contributed by atoms with van der Waals surface area (Å²) in [6, 6.07) is 8.32. The van der Waals surface area contributed by atoms with E-state index in [0.717, 1.165) is 16.3 Å². The average molecular weight is 530 g/mol. The molecule has 0 saturated carbocycles. The van der Waals surface area contributed by atoms with Gasteiger partial charge >= 0.3 is 12.2 Å². The molecule has 3 N–H and O–H groups in total. The maximum Gasteiger partial charge on any atom is 0.433 e. The van der Waals surface area contributed by atoms with Crippen LogP contribution >= 0.6 is 0 Å². The van der Waals surface area contributed by atoms with Crippen molar-refractivity contribution in [3.05, 3.63) is 71.3 Å². The summed E-state index contributed by atoms with van der Waals surface area (Å²) in [5.74, 6) is 6.35. The predicted octanol–water partition coefficient (Wildman–Crippen LogP) is 3.37. The Bertz CT molecular complexity index is 1380. The Labute approximate surface area is 217 Å². The highest BCUT2D eigenvalue weighted by Gasteiger charge is 2.32. The van der Waals surface area contributed by atoms with Crippen molar-refractivity contribution >= 4 is 17.6 Å². The molecule has 0 aliphatic carbocycles. The zero-order valence-electron chi connectivity index (χ0n) is 20.9. The Balaban J connectivity index is 0.000000211. The highest BCUT2D eigenvalue weighted by Crippen LogP contribution is 2.31. The van der Waals surface area contributed by atoms with Crippen LogP contribution in [0.4, 0.5) is 23.7 Å². The first-order valence-electron chi connectivity index (χ1n) is 11.4. The molecule has 12 heteroatoms. The fourth-order valence-corrected chi connectivity index (χ4v) is 3.27. The van der Waals surface area contributed by atoms with E-state index in [9.17, 15) is 27.9 Å². The molecular formula is C26H26F3N5O4. The van der Waals surface area contributed by atoms with E-state index in [1.165, 1.54) is 24.5 Å². The van der Waals surface area contributed by atoms with E-state index < -0.39 is 23.5 Å². The van der Waals surface area contributed by atoms with Gasteiger partial charge in [-0.1, -0.05) is 17.9 Å². The fraction of sp³-hybridized carbons (Fsp3) is 0.308. The van der Waals surface area contributed by atoms with Gasteiger partial charge in [-0.15, -0.1) is 0 Å². The number of ether oxygens (including phenoxy) is 1. The number of nitrogens with two attached hydrogens (primary N) is 1. The second-order valence-electron chi connectivity index (χ2n) is 8.86. The number of nitrogens with zero attached hydrogens (tertiary/aromatic N) is 4. The average Bonchev–Trinajstić information content (AvgIpc) is 3.26. The number of alkyl halides is 3. The van der Waals surface area contributed by atoms with Gasteiger partial charge in [0.1, 0.15) is 17.0 Å². The molecule has 3 heterocycles. The van der Waals surface area contributed by atoms with Crippen molar-refractivity contribution in [2.24, 2.45) is 5.73 Å². The third-order valence-corrected chi connectivity index (χ3v) is 5.12. The number of halogens is 3. The molecule has 2 amide bonds. The molecule has 1 aromatic carbocycles. The Morgan fingerprint density at radius 3 is 2.61 bits per heavy atom. The van der Waals surface area contributed by atoms with Crippen LogP contribution in [-0.2, 0) is 17.4 Å². The molecule has 0 spiro atoms. The molecule has 3 aromatic rings. The van der Waals surface area contributed by atoms with Gasteiger partial charge < -0.3 is 20.5 Å². The van der Waals surface area contributed by atoms with Crippen LogP contribution in [0.5, 0.6) is 5.75 Å². The van der Waals surface area contributed by atoms with Crippen molar-refractivity contribution in [2.75, 3.05) is 18.6 Å². The van der Waals surface area contributed by atoms with Gasteiger partial charge in [-0.05, 0) is 49.7 Å². The molecular weight excluding hydrogens is 503 g/mol. The van der Waals surface area contributed by atoms with Crippen LogP contribution in [0.3, 0.4) is 0 Å². The molecule has 0 atom stereocenters. The third-order valence-electron chi connectivity index (χ3n) is 5.12. The molecule has 0 unspecified atom stereocenters. The van der Waals surface area contributed by atoms with Crippen LogP contribution in [0.15, 0.2) is 48.8 Å². The van der Waals surface area contributed by atoms with Crippen LogP contribution in [0, 0.1) is 11.8 Å². The first-order valence-corrected chi connectivity index (χ1v) is 11.4. The van der Waals surface area contributed by atoms with Gasteiger partial charge in [-0.3, -0.25) is 4.79 Å². The van der Waals surface area contributed by atoms with Crippen LogP contribution < -0.4 is 15.4 Å². The summed E-state index contributed by atoms with van der Waals surface area (Å²) in [6.07, 6.45) is -1.27. The van der Waals surface area contributed by atoms with Crippen LogP contribution in [0.1, 0.15) is 42.8 Å². The number of aromatic nitrogens is 3. The molecule has 38 heavy (non-hydrogen) atoms. The van der Waals surface area contributed by atoms with Gasteiger partial charge in [-0.25, -0.2) is 9.78 Å². The first-order chi connectivity index (χ1) is 17.7. The highest BCUT2D eigenvalue weighted by molar-refractivity contribution is 5.95. The number of hydrogen-bond acceptors (Lipinski definition) is 6. The Kier molecular flexibility index (Phi) is 8.42. The van der Waals surface area contributed by atoms with E-state index in [4.69, 9.17) is 10.5 Å². The lowest BCUT2D eigenvalue weighted by Crippen LogP contribution is -2.25. The number of carbonyl (C=O) groups is 2. The second-order valence-corrected chi connectivity index (χ2v) is 8.86. The van der Waals surface area contributed by atoms with E-state index >= 15 is 0 Å². The van der Waals surface area contributed by atoms with Crippen molar-refractivity contribution in [3.8, 4) is 17.6 Å². The van der Waals surface area contributed by atoms with E-state index in [1.54, 1.807) is 37.9 Å². The summed E-state index contributed by atoms with van der Waals surface area (Å²) in [5.41, 5.74) is 5.25. The highest BCUT2D eigenvalue weighted by atomic mass is 19.4. The van der Waals surface area contributed by atoms with Crippen LogP contribution in [-0.4, -0.2) is 51.1 Å². The number of primary amides is 1. The summed E-state index contributed by atoms with van der Waals surface area (Å²) in [4.78, 5) is 27.7. The second kappa shape index (κ2) is 11.4. The Morgan fingerprint density at radius 1 is 1.24 bits per heavy atom. The standard InChI is InChI=1S/C15H17NO3.C11H9F3N4O/c1-15(2,18)8-6-11-4-5-13-12(10-11)16(3)14(17)7-9-19-13;12-11(13,14)9-3-1-2-8(17-9)4-7-5-16-18(6-7)10(15)19/h4-5,10,18H,7,9H2,1-3H3;1-3,5-6H,4H2,(H2,15,19). The predicted molar refractivity (Wildman–Crippen MR) is 132 cm³/mol. The number of amides is 2. The number of anilines is 1. The lowest BCUT2D eigenvalue weighted by molar-refractivity contribution is -0.141. The SMILES string of the molecule is CN1C(=O)CCOc2ccc(C#CC(C)(C)O)cc21.NC(=O)n1cc(Cc2cccc(C(F)(F)F)n2)cn1. The first kappa shape index (κ1) is 28.2. The summed E-state index contributed by atoms with van der Waals surface area (Å²) < 4.78 is 43.9. The van der Waals surface area contributed by atoms with Gasteiger partial charge in [0, 0.05) is 30.9 Å². The Morgan fingerprint density at radius 2 is 1.97 bits per heavy atom. The number of benzene rings is 1. The maximum atomic E-state index is 12.5. The molecule has 0 fully saturated rings. The number of rotatable bonds is 2. The summed E-state index contributed by atoms with van der Waals surface area (Å²) in [7, 11) is 1.73. The van der Waals surface area contributed by atoms with Crippen molar-refractivity contribution in [3.63, 3.8) is 0 Å². The lowest BCUT2D eigenvalue weighted by Gasteiger charge is -2.16. The number of fused-ring (bicyclic) bond motifs is 1. The number of pyridine rings is 1. The van der Waals surface area contributed by atoms with Crippen molar-refractivity contribution in [2.45, 2.75) is 38.5 Å². The van der Waals surface area contributed by atoms with Crippen LogP contribution in [0.25, 0.3) is 0 Å². The number of hydrogen-bond donors (Lipinski definition) is 2. The monoisotopic (exact) mass is 529 g/mol.